The van der Waals surface area contributed by atoms with Gasteiger partial charge in [-0.2, -0.15) is 0 Å². The average Bonchev–Trinajstić information content (AvgIpc) is 3.22. The van der Waals surface area contributed by atoms with Crippen LogP contribution >= 0.6 is 0 Å². The third kappa shape index (κ3) is 4.16. The van der Waals surface area contributed by atoms with Gasteiger partial charge in [-0.05, 0) is 25.3 Å². The summed E-state index contributed by atoms with van der Waals surface area (Å²) in [7, 11) is 0. The van der Waals surface area contributed by atoms with E-state index in [1.807, 2.05) is 0 Å². The quantitative estimate of drug-likeness (QED) is 0.554. The Hall–Kier alpha value is -2.15. The Kier molecular flexibility index (Phi) is 4.74. The van der Waals surface area contributed by atoms with Crippen LogP contribution in [0, 0.1) is 17.0 Å². The highest BCUT2D eigenvalue weighted by atomic mass is 16.6. The molecule has 1 aliphatic carbocycles. The molecule has 0 saturated heterocycles. The van der Waals surface area contributed by atoms with Crippen molar-refractivity contribution < 1.29 is 14.5 Å². The van der Waals surface area contributed by atoms with E-state index in [0.29, 0.717) is 18.0 Å². The zero-order valence-corrected chi connectivity index (χ0v) is 11.9. The molecular formula is C14H19N3O4. The van der Waals surface area contributed by atoms with E-state index < -0.39 is 16.9 Å². The molecular weight excluding hydrogens is 274 g/mol. The molecule has 1 saturated carbocycles. The lowest BCUT2D eigenvalue weighted by molar-refractivity contribution is -0.385. The van der Waals surface area contributed by atoms with Crippen molar-refractivity contribution in [2.75, 3.05) is 6.61 Å². The molecule has 1 fully saturated rings. The Bertz CT molecular complexity index is 543. The molecule has 0 aliphatic heterocycles. The molecule has 0 aromatic heterocycles. The minimum Gasteiger partial charge on any atom is -0.487 e. The van der Waals surface area contributed by atoms with Crippen LogP contribution in [0.3, 0.4) is 0 Å². The van der Waals surface area contributed by atoms with Crippen LogP contribution in [-0.4, -0.2) is 29.5 Å². The summed E-state index contributed by atoms with van der Waals surface area (Å²) in [4.78, 5) is 21.8. The summed E-state index contributed by atoms with van der Waals surface area (Å²) >= 11 is 0. The van der Waals surface area contributed by atoms with E-state index in [1.165, 1.54) is 6.07 Å². The first-order valence-electron chi connectivity index (χ1n) is 6.91. The number of nitro benzene ring substituents is 1. The lowest BCUT2D eigenvalue weighted by Gasteiger charge is -2.16. The molecule has 1 unspecified atom stereocenters. The van der Waals surface area contributed by atoms with Gasteiger partial charge in [0.2, 0.25) is 5.91 Å². The first-order chi connectivity index (χ1) is 9.99. The van der Waals surface area contributed by atoms with Gasteiger partial charge in [-0.3, -0.25) is 14.9 Å². The van der Waals surface area contributed by atoms with Gasteiger partial charge in [-0.1, -0.05) is 12.1 Å². The maximum Gasteiger partial charge on any atom is 0.311 e. The zero-order chi connectivity index (χ0) is 15.4. The first-order valence-corrected chi connectivity index (χ1v) is 6.91. The van der Waals surface area contributed by atoms with Crippen molar-refractivity contribution in [3.05, 3.63) is 33.9 Å². The second kappa shape index (κ2) is 6.53. The number of ether oxygens (including phenoxy) is 1. The Morgan fingerprint density at radius 1 is 1.57 bits per heavy atom. The third-order valence-electron chi connectivity index (χ3n) is 3.40. The predicted octanol–water partition coefficient (Wildman–Crippen LogP) is 1.28. The van der Waals surface area contributed by atoms with Crippen LogP contribution in [0.4, 0.5) is 5.69 Å². The van der Waals surface area contributed by atoms with Gasteiger partial charge < -0.3 is 15.8 Å². The number of primary amides is 1. The second-order valence-electron chi connectivity index (χ2n) is 5.21. The minimum atomic E-state index is -0.476. The fourth-order valence-electron chi connectivity index (χ4n) is 2.09. The fourth-order valence-corrected chi connectivity index (χ4v) is 2.09. The molecule has 0 bridgehead atoms. The normalized spacial score (nSPS) is 15.5. The minimum absolute atomic E-state index is 0.0687. The SMILES string of the molecule is Cc1cccc([N+](=O)[O-])c1OCCC(NC1CC1)C(N)=O. The van der Waals surface area contributed by atoms with E-state index in [9.17, 15) is 14.9 Å². The number of amides is 1. The van der Waals surface area contributed by atoms with Crippen LogP contribution in [0.1, 0.15) is 24.8 Å². The van der Waals surface area contributed by atoms with E-state index in [0.717, 1.165) is 12.8 Å². The van der Waals surface area contributed by atoms with E-state index >= 15 is 0 Å². The van der Waals surface area contributed by atoms with Gasteiger partial charge >= 0.3 is 5.69 Å². The Balaban J connectivity index is 1.95. The average molecular weight is 293 g/mol. The van der Waals surface area contributed by atoms with Gasteiger partial charge in [-0.15, -0.1) is 0 Å². The van der Waals surface area contributed by atoms with E-state index in [2.05, 4.69) is 5.32 Å². The van der Waals surface area contributed by atoms with Crippen LogP contribution in [0.2, 0.25) is 0 Å². The number of rotatable bonds is 8. The molecule has 2 rings (SSSR count). The summed E-state index contributed by atoms with van der Waals surface area (Å²) in [5.74, 6) is -0.179. The summed E-state index contributed by atoms with van der Waals surface area (Å²) in [6.07, 6.45) is 2.49. The summed E-state index contributed by atoms with van der Waals surface area (Å²) < 4.78 is 5.52. The van der Waals surface area contributed by atoms with Gasteiger partial charge in [0.25, 0.3) is 0 Å². The Morgan fingerprint density at radius 2 is 2.29 bits per heavy atom. The summed E-state index contributed by atoms with van der Waals surface area (Å²) in [6.45, 7) is 1.94. The van der Waals surface area contributed by atoms with Crippen LogP contribution in [-0.2, 0) is 4.79 Å². The van der Waals surface area contributed by atoms with Gasteiger partial charge in [-0.25, -0.2) is 0 Å². The maximum atomic E-state index is 11.3. The zero-order valence-electron chi connectivity index (χ0n) is 11.9. The number of hydrogen-bond acceptors (Lipinski definition) is 5. The first kappa shape index (κ1) is 15.2. The van der Waals surface area contributed by atoms with Crippen molar-refractivity contribution in [2.24, 2.45) is 5.73 Å². The number of benzene rings is 1. The van der Waals surface area contributed by atoms with Crippen molar-refractivity contribution in [1.29, 1.82) is 0 Å². The Labute approximate surface area is 122 Å². The van der Waals surface area contributed by atoms with Gasteiger partial charge in [0.1, 0.15) is 0 Å². The molecule has 1 aromatic carbocycles. The lowest BCUT2D eigenvalue weighted by atomic mass is 10.2. The van der Waals surface area contributed by atoms with E-state index in [4.69, 9.17) is 10.5 Å². The molecule has 114 valence electrons. The van der Waals surface area contributed by atoms with Crippen molar-refractivity contribution in [3.63, 3.8) is 0 Å². The topological polar surface area (TPSA) is 107 Å². The van der Waals surface area contributed by atoms with Crippen molar-refractivity contribution in [3.8, 4) is 5.75 Å². The van der Waals surface area contributed by atoms with E-state index in [-0.39, 0.29) is 18.0 Å². The number of nitrogens with two attached hydrogens (primary N) is 1. The van der Waals surface area contributed by atoms with Gasteiger partial charge in [0.05, 0.1) is 17.6 Å². The molecule has 0 spiro atoms. The number of hydrogen-bond donors (Lipinski definition) is 2. The Morgan fingerprint density at radius 3 is 2.86 bits per heavy atom. The van der Waals surface area contributed by atoms with Crippen molar-refractivity contribution in [2.45, 2.75) is 38.3 Å². The number of carbonyl (C=O) groups is 1. The van der Waals surface area contributed by atoms with E-state index in [1.54, 1.807) is 19.1 Å². The summed E-state index contributed by atoms with van der Waals surface area (Å²) in [6, 6.07) is 4.66. The third-order valence-corrected chi connectivity index (χ3v) is 3.40. The van der Waals surface area contributed by atoms with Crippen molar-refractivity contribution >= 4 is 11.6 Å². The van der Waals surface area contributed by atoms with Gasteiger partial charge in [0, 0.05) is 18.5 Å². The number of nitrogens with zero attached hydrogens (tertiary/aromatic N) is 1. The van der Waals surface area contributed by atoms with Crippen LogP contribution in [0.5, 0.6) is 5.75 Å². The predicted molar refractivity (Wildman–Crippen MR) is 77.1 cm³/mol. The molecule has 1 aliphatic rings. The van der Waals surface area contributed by atoms with Crippen LogP contribution < -0.4 is 15.8 Å². The standard InChI is InChI=1S/C14H19N3O4/c1-9-3-2-4-12(17(19)20)13(9)21-8-7-11(14(15)18)16-10-5-6-10/h2-4,10-11,16H,5-8H2,1H3,(H2,15,18). The van der Waals surface area contributed by atoms with Crippen LogP contribution in [0.25, 0.3) is 0 Å². The second-order valence-corrected chi connectivity index (χ2v) is 5.21. The number of aryl methyl sites for hydroxylation is 1. The summed E-state index contributed by atoms with van der Waals surface area (Å²) in [5, 5.41) is 14.1. The smallest absolute Gasteiger partial charge is 0.311 e. The summed E-state index contributed by atoms with van der Waals surface area (Å²) in [5.41, 5.74) is 5.96. The number of nitrogens with one attached hydrogen (secondary N) is 1. The molecule has 7 nitrogen and oxygen atoms in total. The molecule has 1 atom stereocenters. The molecule has 1 aromatic rings. The number of para-hydroxylation sites is 1. The fraction of sp³-hybridized carbons (Fsp3) is 0.500. The van der Waals surface area contributed by atoms with Crippen molar-refractivity contribution in [1.82, 2.24) is 5.32 Å². The van der Waals surface area contributed by atoms with Crippen LogP contribution in [0.15, 0.2) is 18.2 Å². The number of carbonyl (C=O) groups excluding carboxylic acids is 1. The van der Waals surface area contributed by atoms with Gasteiger partial charge in [0.15, 0.2) is 5.75 Å². The monoisotopic (exact) mass is 293 g/mol. The molecule has 0 radical (unpaired) electrons. The number of nitro groups is 1. The highest BCUT2D eigenvalue weighted by Gasteiger charge is 2.27. The molecule has 0 heterocycles. The lowest BCUT2D eigenvalue weighted by Crippen LogP contribution is -2.43. The molecule has 7 heteroatoms. The molecule has 3 N–H and O–H groups in total. The largest absolute Gasteiger partial charge is 0.487 e. The highest BCUT2D eigenvalue weighted by Crippen LogP contribution is 2.30. The molecule has 1 amide bonds. The highest BCUT2D eigenvalue weighted by molar-refractivity contribution is 5.79. The maximum absolute atomic E-state index is 11.3. The molecule has 21 heavy (non-hydrogen) atoms.